The van der Waals surface area contributed by atoms with Gasteiger partial charge in [-0.3, -0.25) is 9.59 Å². The van der Waals surface area contributed by atoms with Crippen LogP contribution in [0.4, 0.5) is 0 Å². The normalized spacial score (nSPS) is 19.3. The Balaban J connectivity index is 1.93. The van der Waals surface area contributed by atoms with Crippen LogP contribution in [0.3, 0.4) is 0 Å². The smallest absolute Gasteiger partial charge is 0.253 e. The highest BCUT2D eigenvalue weighted by Crippen LogP contribution is 2.19. The summed E-state index contributed by atoms with van der Waals surface area (Å²) in [4.78, 5) is 26.6. The molecule has 1 heterocycles. The van der Waals surface area contributed by atoms with Crippen LogP contribution in [0, 0.1) is 5.92 Å². The minimum Gasteiger partial charge on any atom is -0.354 e. The van der Waals surface area contributed by atoms with Crippen molar-refractivity contribution < 1.29 is 9.59 Å². The first-order valence-corrected chi connectivity index (χ1v) is 8.39. The van der Waals surface area contributed by atoms with E-state index in [1.54, 1.807) is 29.2 Å². The number of halogens is 1. The van der Waals surface area contributed by atoms with Gasteiger partial charge in [-0.2, -0.15) is 0 Å². The number of hydrogen-bond acceptors (Lipinski definition) is 3. The Morgan fingerprint density at radius 2 is 2.04 bits per heavy atom. The Kier molecular flexibility index (Phi) is 6.42. The molecule has 0 saturated carbocycles. The molecule has 1 aliphatic rings. The third kappa shape index (κ3) is 4.94. The predicted octanol–water partition coefficient (Wildman–Crippen LogP) is 1.92. The van der Waals surface area contributed by atoms with Gasteiger partial charge in [-0.05, 0) is 51.1 Å². The molecule has 2 rings (SSSR count). The van der Waals surface area contributed by atoms with Gasteiger partial charge in [0.25, 0.3) is 5.91 Å². The molecule has 2 N–H and O–H groups in total. The number of rotatable bonds is 5. The van der Waals surface area contributed by atoms with Crippen molar-refractivity contribution in [3.05, 3.63) is 34.9 Å². The fraction of sp³-hybridized carbons (Fsp3) is 0.529. The lowest BCUT2D eigenvalue weighted by molar-refractivity contribution is -0.126. The van der Waals surface area contributed by atoms with E-state index >= 15 is 0 Å². The van der Waals surface area contributed by atoms with E-state index in [4.69, 9.17) is 11.6 Å². The molecule has 0 radical (unpaired) electrons. The molecule has 1 aromatic rings. The molecular formula is C17H24ClN3O2. The molecule has 23 heavy (non-hydrogen) atoms. The van der Waals surface area contributed by atoms with Crippen molar-refractivity contribution in [3.8, 4) is 0 Å². The zero-order valence-corrected chi connectivity index (χ0v) is 14.4. The van der Waals surface area contributed by atoms with Crippen LogP contribution in [0.15, 0.2) is 24.3 Å². The van der Waals surface area contributed by atoms with Crippen LogP contribution in [0.2, 0.25) is 5.02 Å². The van der Waals surface area contributed by atoms with E-state index in [2.05, 4.69) is 10.6 Å². The third-order valence-corrected chi connectivity index (χ3v) is 4.50. The Labute approximate surface area is 142 Å². The average Bonchev–Trinajstić information content (AvgIpc) is 2.59. The summed E-state index contributed by atoms with van der Waals surface area (Å²) in [7, 11) is 1.87. The van der Waals surface area contributed by atoms with Crippen molar-refractivity contribution in [1.82, 2.24) is 15.5 Å². The quantitative estimate of drug-likeness (QED) is 0.863. The van der Waals surface area contributed by atoms with Gasteiger partial charge in [0.1, 0.15) is 0 Å². The standard InChI is InChI=1S/C17H24ClN3O2/c1-12(19-2)10-20-16(22)14-4-3-9-21(11-14)17(23)13-5-7-15(18)8-6-13/h5-8,12,14,19H,3-4,9-11H2,1-2H3,(H,20,22). The van der Waals surface area contributed by atoms with E-state index in [-0.39, 0.29) is 23.8 Å². The van der Waals surface area contributed by atoms with Crippen LogP contribution in [0.1, 0.15) is 30.1 Å². The van der Waals surface area contributed by atoms with Gasteiger partial charge in [0, 0.05) is 36.3 Å². The summed E-state index contributed by atoms with van der Waals surface area (Å²) < 4.78 is 0. The number of hydrogen-bond donors (Lipinski definition) is 2. The van der Waals surface area contributed by atoms with Crippen molar-refractivity contribution >= 4 is 23.4 Å². The minimum atomic E-state index is -0.135. The van der Waals surface area contributed by atoms with Crippen molar-refractivity contribution in [1.29, 1.82) is 0 Å². The van der Waals surface area contributed by atoms with Crippen LogP contribution < -0.4 is 10.6 Å². The molecule has 1 aliphatic heterocycles. The maximum Gasteiger partial charge on any atom is 0.253 e. The van der Waals surface area contributed by atoms with Gasteiger partial charge in [0.15, 0.2) is 0 Å². The SMILES string of the molecule is CNC(C)CNC(=O)C1CCCN(C(=O)c2ccc(Cl)cc2)C1. The summed E-state index contributed by atoms with van der Waals surface area (Å²) in [6.07, 6.45) is 1.67. The van der Waals surface area contributed by atoms with Gasteiger partial charge >= 0.3 is 0 Å². The lowest BCUT2D eigenvalue weighted by Gasteiger charge is -2.32. The van der Waals surface area contributed by atoms with Gasteiger partial charge < -0.3 is 15.5 Å². The monoisotopic (exact) mass is 337 g/mol. The fourth-order valence-electron chi connectivity index (χ4n) is 2.65. The molecule has 1 fully saturated rings. The van der Waals surface area contributed by atoms with Gasteiger partial charge in [-0.1, -0.05) is 11.6 Å². The van der Waals surface area contributed by atoms with E-state index in [0.29, 0.717) is 30.2 Å². The number of carbonyl (C=O) groups is 2. The topological polar surface area (TPSA) is 61.4 Å². The molecule has 2 amide bonds. The van der Waals surface area contributed by atoms with Gasteiger partial charge in [0.2, 0.25) is 5.91 Å². The molecule has 5 nitrogen and oxygen atoms in total. The predicted molar refractivity (Wildman–Crippen MR) is 91.6 cm³/mol. The molecule has 1 aromatic carbocycles. The Morgan fingerprint density at radius 1 is 1.35 bits per heavy atom. The van der Waals surface area contributed by atoms with Crippen LogP contribution >= 0.6 is 11.6 Å². The summed E-state index contributed by atoms with van der Waals surface area (Å²) in [6, 6.07) is 7.10. The Bertz CT molecular complexity index is 547. The largest absolute Gasteiger partial charge is 0.354 e. The first-order chi connectivity index (χ1) is 11.0. The van der Waals surface area contributed by atoms with Crippen LogP contribution in [-0.4, -0.2) is 49.4 Å². The number of nitrogens with zero attached hydrogens (tertiary/aromatic N) is 1. The molecule has 2 atom stereocenters. The maximum absolute atomic E-state index is 12.5. The molecule has 0 spiro atoms. The lowest BCUT2D eigenvalue weighted by Crippen LogP contribution is -2.47. The molecule has 0 aliphatic carbocycles. The summed E-state index contributed by atoms with van der Waals surface area (Å²) in [5.41, 5.74) is 0.610. The number of amides is 2. The minimum absolute atomic E-state index is 0.0284. The third-order valence-electron chi connectivity index (χ3n) is 4.25. The number of carbonyl (C=O) groups excluding carboxylic acids is 2. The number of piperidine rings is 1. The van der Waals surface area contributed by atoms with Crippen molar-refractivity contribution in [2.45, 2.75) is 25.8 Å². The Hall–Kier alpha value is -1.59. The Morgan fingerprint density at radius 3 is 2.70 bits per heavy atom. The summed E-state index contributed by atoms with van der Waals surface area (Å²) in [5.74, 6) is -0.146. The summed E-state index contributed by atoms with van der Waals surface area (Å²) in [6.45, 7) is 3.77. The van der Waals surface area contributed by atoms with Gasteiger partial charge in [0.05, 0.1) is 5.92 Å². The second kappa shape index (κ2) is 8.31. The molecular weight excluding hydrogens is 314 g/mol. The van der Waals surface area contributed by atoms with E-state index in [9.17, 15) is 9.59 Å². The molecule has 0 bridgehead atoms. The van der Waals surface area contributed by atoms with Crippen molar-refractivity contribution in [2.24, 2.45) is 5.92 Å². The number of likely N-dealkylation sites (tertiary alicyclic amines) is 1. The van der Waals surface area contributed by atoms with E-state index < -0.39 is 0 Å². The number of likely N-dealkylation sites (N-methyl/N-ethyl adjacent to an activating group) is 1. The van der Waals surface area contributed by atoms with Gasteiger partial charge in [-0.15, -0.1) is 0 Å². The van der Waals surface area contributed by atoms with Crippen LogP contribution in [0.5, 0.6) is 0 Å². The maximum atomic E-state index is 12.5. The molecule has 0 aromatic heterocycles. The highest BCUT2D eigenvalue weighted by Gasteiger charge is 2.28. The van der Waals surface area contributed by atoms with Crippen molar-refractivity contribution in [2.75, 3.05) is 26.7 Å². The second-order valence-corrected chi connectivity index (χ2v) is 6.47. The van der Waals surface area contributed by atoms with E-state index in [0.717, 1.165) is 12.8 Å². The highest BCUT2D eigenvalue weighted by molar-refractivity contribution is 6.30. The number of nitrogens with one attached hydrogen (secondary N) is 2. The van der Waals surface area contributed by atoms with Crippen LogP contribution in [-0.2, 0) is 4.79 Å². The first-order valence-electron chi connectivity index (χ1n) is 8.01. The van der Waals surface area contributed by atoms with Crippen LogP contribution in [0.25, 0.3) is 0 Å². The molecule has 126 valence electrons. The number of benzene rings is 1. The average molecular weight is 338 g/mol. The second-order valence-electron chi connectivity index (χ2n) is 6.03. The summed E-state index contributed by atoms with van der Waals surface area (Å²) >= 11 is 5.86. The van der Waals surface area contributed by atoms with Gasteiger partial charge in [-0.25, -0.2) is 0 Å². The lowest BCUT2D eigenvalue weighted by atomic mass is 9.96. The molecule has 1 saturated heterocycles. The fourth-order valence-corrected chi connectivity index (χ4v) is 2.78. The first kappa shape index (κ1) is 17.8. The summed E-state index contributed by atoms with van der Waals surface area (Å²) in [5, 5.41) is 6.65. The highest BCUT2D eigenvalue weighted by atomic mass is 35.5. The zero-order chi connectivity index (χ0) is 16.8. The molecule has 2 unspecified atom stereocenters. The van der Waals surface area contributed by atoms with E-state index in [1.165, 1.54) is 0 Å². The van der Waals surface area contributed by atoms with E-state index in [1.807, 2.05) is 14.0 Å². The molecule has 6 heteroatoms. The zero-order valence-electron chi connectivity index (χ0n) is 13.6. The van der Waals surface area contributed by atoms with Crippen molar-refractivity contribution in [3.63, 3.8) is 0 Å².